The van der Waals surface area contributed by atoms with Crippen molar-refractivity contribution in [3.8, 4) is 10.6 Å². The van der Waals surface area contributed by atoms with E-state index < -0.39 is 11.5 Å². The lowest BCUT2D eigenvalue weighted by atomic mass is 10.1. The van der Waals surface area contributed by atoms with Gasteiger partial charge in [0, 0.05) is 5.56 Å². The molecular weight excluding hydrogens is 324 g/mol. The molecule has 0 saturated carbocycles. The third kappa shape index (κ3) is 3.45. The molecule has 1 aromatic carbocycles. The van der Waals surface area contributed by atoms with Gasteiger partial charge in [0.1, 0.15) is 15.4 Å². The van der Waals surface area contributed by atoms with Gasteiger partial charge < -0.3 is 10.1 Å². The van der Waals surface area contributed by atoms with Crippen molar-refractivity contribution in [3.05, 3.63) is 40.4 Å². The van der Waals surface area contributed by atoms with Crippen molar-refractivity contribution in [1.29, 1.82) is 0 Å². The van der Waals surface area contributed by atoms with Gasteiger partial charge in [0.2, 0.25) is 0 Å². The number of nitrogens with one attached hydrogen (secondary N) is 1. The first-order valence-corrected chi connectivity index (χ1v) is 7.66. The Balaban J connectivity index is 2.20. The van der Waals surface area contributed by atoms with E-state index in [0.717, 1.165) is 5.56 Å². The van der Waals surface area contributed by atoms with Crippen molar-refractivity contribution in [1.82, 2.24) is 10.3 Å². The van der Waals surface area contributed by atoms with Crippen molar-refractivity contribution >= 4 is 34.8 Å². The fourth-order valence-electron chi connectivity index (χ4n) is 1.79. The van der Waals surface area contributed by atoms with Gasteiger partial charge in [0.25, 0.3) is 5.91 Å². The van der Waals surface area contributed by atoms with Gasteiger partial charge in [-0.3, -0.25) is 4.79 Å². The summed E-state index contributed by atoms with van der Waals surface area (Å²) in [6.45, 7) is 3.15. The summed E-state index contributed by atoms with van der Waals surface area (Å²) < 4.78 is 4.66. The molecule has 0 saturated heterocycles. The predicted molar refractivity (Wildman–Crippen MR) is 86.1 cm³/mol. The first-order valence-electron chi connectivity index (χ1n) is 6.47. The number of halogens is 1. The summed E-state index contributed by atoms with van der Waals surface area (Å²) in [5.74, 6) is -0.900. The van der Waals surface area contributed by atoms with Crippen LogP contribution in [0.2, 0.25) is 5.02 Å². The lowest BCUT2D eigenvalue weighted by Gasteiger charge is -2.22. The average Bonchev–Trinajstić information content (AvgIpc) is 2.96. The summed E-state index contributed by atoms with van der Waals surface area (Å²) in [4.78, 5) is 28.4. The van der Waals surface area contributed by atoms with Gasteiger partial charge in [-0.15, -0.1) is 11.3 Å². The third-order valence-electron chi connectivity index (χ3n) is 2.96. The standard InChI is InChI=1S/C15H15ClN2O3S/c1-15(2,14(20)21-3)18-12(19)11-8-17-13(22-11)9-6-4-5-7-10(9)16/h4-8H,1-3H3,(H,18,19). The zero-order valence-electron chi connectivity index (χ0n) is 12.3. The minimum absolute atomic E-state index is 0.383. The van der Waals surface area contributed by atoms with Crippen molar-refractivity contribution in [2.45, 2.75) is 19.4 Å². The summed E-state index contributed by atoms with van der Waals surface area (Å²) in [5.41, 5.74) is -0.346. The van der Waals surface area contributed by atoms with Gasteiger partial charge in [-0.1, -0.05) is 29.8 Å². The second-order valence-corrected chi connectivity index (χ2v) is 6.52. The number of rotatable bonds is 4. The van der Waals surface area contributed by atoms with Crippen LogP contribution < -0.4 is 5.32 Å². The van der Waals surface area contributed by atoms with Crippen LogP contribution in [0, 0.1) is 0 Å². The molecule has 0 spiro atoms. The monoisotopic (exact) mass is 338 g/mol. The number of esters is 1. The topological polar surface area (TPSA) is 68.3 Å². The molecule has 5 nitrogen and oxygen atoms in total. The minimum Gasteiger partial charge on any atom is -0.467 e. The summed E-state index contributed by atoms with van der Waals surface area (Å²) in [7, 11) is 1.28. The van der Waals surface area contributed by atoms with Gasteiger partial charge in [-0.2, -0.15) is 0 Å². The van der Waals surface area contributed by atoms with Crippen LogP contribution in [-0.4, -0.2) is 29.5 Å². The fourth-order valence-corrected chi connectivity index (χ4v) is 2.92. The highest BCUT2D eigenvalue weighted by Crippen LogP contribution is 2.31. The molecule has 22 heavy (non-hydrogen) atoms. The molecule has 0 aliphatic carbocycles. The van der Waals surface area contributed by atoms with Crippen LogP contribution >= 0.6 is 22.9 Å². The number of ether oxygens (including phenoxy) is 1. The van der Waals surface area contributed by atoms with Crippen LogP contribution in [0.1, 0.15) is 23.5 Å². The van der Waals surface area contributed by atoms with Crippen molar-refractivity contribution in [3.63, 3.8) is 0 Å². The van der Waals surface area contributed by atoms with Crippen molar-refractivity contribution in [2.75, 3.05) is 7.11 Å². The number of thiazole rings is 1. The zero-order valence-corrected chi connectivity index (χ0v) is 13.9. The lowest BCUT2D eigenvalue weighted by Crippen LogP contribution is -2.50. The van der Waals surface area contributed by atoms with E-state index in [0.29, 0.717) is 14.9 Å². The second kappa shape index (κ2) is 6.46. The van der Waals surface area contributed by atoms with Crippen LogP contribution in [0.3, 0.4) is 0 Å². The molecule has 0 radical (unpaired) electrons. The molecule has 1 aromatic heterocycles. The molecule has 0 aliphatic rings. The zero-order chi connectivity index (χ0) is 16.3. The van der Waals surface area contributed by atoms with Crippen molar-refractivity contribution < 1.29 is 14.3 Å². The maximum atomic E-state index is 12.2. The average molecular weight is 339 g/mol. The summed E-state index contributed by atoms with van der Waals surface area (Å²) in [5, 5.41) is 3.84. The van der Waals surface area contributed by atoms with Gasteiger partial charge in [-0.25, -0.2) is 9.78 Å². The molecular formula is C15H15ClN2O3S. The second-order valence-electron chi connectivity index (χ2n) is 5.08. The predicted octanol–water partition coefficient (Wildman–Crippen LogP) is 3.14. The largest absolute Gasteiger partial charge is 0.467 e. The molecule has 0 atom stereocenters. The Labute approximate surface area is 137 Å². The molecule has 1 N–H and O–H groups in total. The van der Waals surface area contributed by atoms with E-state index in [1.165, 1.54) is 24.6 Å². The number of nitrogens with zero attached hydrogens (tertiary/aromatic N) is 1. The van der Waals surface area contributed by atoms with Gasteiger partial charge in [-0.05, 0) is 19.9 Å². The Kier molecular flexibility index (Phi) is 4.83. The molecule has 2 rings (SSSR count). The molecule has 0 fully saturated rings. The molecule has 1 amide bonds. The Bertz CT molecular complexity index is 712. The van der Waals surface area contributed by atoms with E-state index in [-0.39, 0.29) is 5.91 Å². The number of amides is 1. The Hall–Kier alpha value is -1.92. The number of hydrogen-bond acceptors (Lipinski definition) is 5. The third-order valence-corrected chi connectivity index (χ3v) is 4.31. The molecule has 7 heteroatoms. The van der Waals surface area contributed by atoms with Gasteiger partial charge >= 0.3 is 5.97 Å². The molecule has 0 unspecified atom stereocenters. The van der Waals surface area contributed by atoms with E-state index in [2.05, 4.69) is 15.0 Å². The Morgan fingerprint density at radius 3 is 2.64 bits per heavy atom. The van der Waals surface area contributed by atoms with Gasteiger partial charge in [0.05, 0.1) is 18.3 Å². The fraction of sp³-hybridized carbons (Fsp3) is 0.267. The minimum atomic E-state index is -1.11. The van der Waals surface area contributed by atoms with Crippen LogP contribution in [0.5, 0.6) is 0 Å². The quantitative estimate of drug-likeness (QED) is 0.869. The van der Waals surface area contributed by atoms with E-state index in [9.17, 15) is 9.59 Å². The Morgan fingerprint density at radius 1 is 1.32 bits per heavy atom. The SMILES string of the molecule is COC(=O)C(C)(C)NC(=O)c1cnc(-c2ccccc2Cl)s1. The molecule has 2 aromatic rings. The number of methoxy groups -OCH3 is 1. The summed E-state index contributed by atoms with van der Waals surface area (Å²) >= 11 is 7.33. The van der Waals surface area contributed by atoms with E-state index in [1.807, 2.05) is 18.2 Å². The number of carbonyl (C=O) groups is 2. The van der Waals surface area contributed by atoms with E-state index in [1.54, 1.807) is 19.9 Å². The number of benzene rings is 1. The first-order chi connectivity index (χ1) is 10.3. The summed E-state index contributed by atoms with van der Waals surface area (Å²) in [6.07, 6.45) is 1.46. The molecule has 0 aliphatic heterocycles. The van der Waals surface area contributed by atoms with Crippen LogP contribution in [0.25, 0.3) is 10.6 Å². The number of hydrogen-bond donors (Lipinski definition) is 1. The lowest BCUT2D eigenvalue weighted by molar-refractivity contribution is -0.146. The van der Waals surface area contributed by atoms with Crippen molar-refractivity contribution in [2.24, 2.45) is 0 Å². The molecule has 1 heterocycles. The van der Waals surface area contributed by atoms with E-state index in [4.69, 9.17) is 11.6 Å². The Morgan fingerprint density at radius 2 is 2.00 bits per heavy atom. The smallest absolute Gasteiger partial charge is 0.330 e. The van der Waals surface area contributed by atoms with Crippen LogP contribution in [0.15, 0.2) is 30.5 Å². The molecule has 0 bridgehead atoms. The highest BCUT2D eigenvalue weighted by Gasteiger charge is 2.31. The van der Waals surface area contributed by atoms with Crippen LogP contribution in [-0.2, 0) is 9.53 Å². The number of carbonyl (C=O) groups excluding carboxylic acids is 2. The molecule has 116 valence electrons. The van der Waals surface area contributed by atoms with Crippen LogP contribution in [0.4, 0.5) is 0 Å². The summed E-state index contributed by atoms with van der Waals surface area (Å²) in [6, 6.07) is 7.27. The maximum Gasteiger partial charge on any atom is 0.330 e. The van der Waals surface area contributed by atoms with E-state index >= 15 is 0 Å². The number of aromatic nitrogens is 1. The van der Waals surface area contributed by atoms with Gasteiger partial charge in [0.15, 0.2) is 0 Å². The maximum absolute atomic E-state index is 12.2. The highest BCUT2D eigenvalue weighted by molar-refractivity contribution is 7.17. The highest BCUT2D eigenvalue weighted by atomic mass is 35.5. The first kappa shape index (κ1) is 16.5. The normalized spacial score (nSPS) is 11.1.